The summed E-state index contributed by atoms with van der Waals surface area (Å²) in [7, 11) is 3.88. The number of ether oxygens (including phenoxy) is 1. The fraction of sp³-hybridized carbons (Fsp3) is 0.588. The number of hydrogen-bond acceptors (Lipinski definition) is 3. The van der Waals surface area contributed by atoms with E-state index in [1.54, 1.807) is 7.11 Å². The number of fused-ring (bicyclic) bond motifs is 2. The van der Waals surface area contributed by atoms with Crippen LogP contribution in [-0.4, -0.2) is 52.1 Å². The fourth-order valence-corrected chi connectivity index (χ4v) is 3.73. The highest BCUT2D eigenvalue weighted by Crippen LogP contribution is 2.35. The van der Waals surface area contributed by atoms with Crippen LogP contribution in [-0.2, 0) is 22.4 Å². The number of amides is 1. The van der Waals surface area contributed by atoms with Crippen molar-refractivity contribution in [3.8, 4) is 0 Å². The molecule has 2 aliphatic heterocycles. The summed E-state index contributed by atoms with van der Waals surface area (Å²) in [5.74, 6) is 0.779. The molecule has 1 unspecified atom stereocenters. The van der Waals surface area contributed by atoms with Gasteiger partial charge in [0, 0.05) is 25.8 Å². The third kappa shape index (κ3) is 2.92. The number of anilines is 1. The summed E-state index contributed by atoms with van der Waals surface area (Å²) < 4.78 is 5.17. The first kappa shape index (κ1) is 15.6. The van der Waals surface area contributed by atoms with Crippen molar-refractivity contribution in [1.29, 1.82) is 0 Å². The van der Waals surface area contributed by atoms with Crippen molar-refractivity contribution in [3.05, 3.63) is 28.8 Å². The van der Waals surface area contributed by atoms with Gasteiger partial charge in [0.15, 0.2) is 7.98 Å². The number of aryl methyl sites for hydroxylation is 1. The van der Waals surface area contributed by atoms with E-state index in [1.807, 2.05) is 4.90 Å². The van der Waals surface area contributed by atoms with Gasteiger partial charge in [-0.15, -0.1) is 0 Å². The minimum Gasteiger partial charge on any atom is -0.383 e. The highest BCUT2D eigenvalue weighted by Gasteiger charge is 2.27. The van der Waals surface area contributed by atoms with Gasteiger partial charge in [-0.25, -0.2) is 0 Å². The Labute approximate surface area is 133 Å². The second kappa shape index (κ2) is 6.43. The quantitative estimate of drug-likeness (QED) is 0.784. The Hall–Kier alpha value is -1.33. The maximum Gasteiger partial charge on any atom is 0.227 e. The Morgan fingerprint density at radius 1 is 1.27 bits per heavy atom. The molecule has 0 aromatic heterocycles. The van der Waals surface area contributed by atoms with Crippen LogP contribution in [0.1, 0.15) is 36.0 Å². The Kier molecular flexibility index (Phi) is 4.55. The predicted octanol–water partition coefficient (Wildman–Crippen LogP) is 1.12. The maximum atomic E-state index is 12.3. The van der Waals surface area contributed by atoms with Gasteiger partial charge < -0.3 is 14.4 Å². The van der Waals surface area contributed by atoms with Gasteiger partial charge in [0.05, 0.1) is 6.61 Å². The summed E-state index contributed by atoms with van der Waals surface area (Å²) in [6.45, 7) is 5.74. The van der Waals surface area contributed by atoms with E-state index in [0.29, 0.717) is 25.5 Å². The van der Waals surface area contributed by atoms with Crippen LogP contribution in [0.4, 0.5) is 5.69 Å². The predicted molar refractivity (Wildman–Crippen MR) is 91.2 cm³/mol. The van der Waals surface area contributed by atoms with E-state index in [1.165, 1.54) is 16.7 Å². The van der Waals surface area contributed by atoms with E-state index in [2.05, 4.69) is 31.8 Å². The van der Waals surface area contributed by atoms with Gasteiger partial charge >= 0.3 is 0 Å². The van der Waals surface area contributed by atoms with Crippen molar-refractivity contribution in [3.63, 3.8) is 0 Å². The molecular weight excluding hydrogens is 275 g/mol. The Morgan fingerprint density at radius 2 is 2.09 bits per heavy atom. The van der Waals surface area contributed by atoms with Gasteiger partial charge in [-0.2, -0.15) is 0 Å². The fourth-order valence-electron chi connectivity index (χ4n) is 3.73. The van der Waals surface area contributed by atoms with Crippen LogP contribution in [0.25, 0.3) is 0 Å². The average Bonchev–Trinajstić information content (AvgIpc) is 2.64. The zero-order valence-electron chi connectivity index (χ0n) is 13.9. The zero-order valence-corrected chi connectivity index (χ0v) is 13.9. The molecule has 4 nitrogen and oxygen atoms in total. The van der Waals surface area contributed by atoms with Crippen LogP contribution in [0.3, 0.4) is 0 Å². The topological polar surface area (TPSA) is 32.8 Å². The number of benzene rings is 1. The first-order valence-corrected chi connectivity index (χ1v) is 8.23. The number of hydrogen-bond donors (Lipinski definition) is 0. The van der Waals surface area contributed by atoms with Crippen LogP contribution in [0.5, 0.6) is 0 Å². The molecule has 0 bridgehead atoms. The minimum atomic E-state index is 0.225. The second-order valence-corrected chi connectivity index (χ2v) is 6.63. The van der Waals surface area contributed by atoms with Crippen molar-refractivity contribution >= 4 is 19.6 Å². The molecule has 0 saturated carbocycles. The van der Waals surface area contributed by atoms with E-state index < -0.39 is 0 Å². The van der Waals surface area contributed by atoms with E-state index in [0.717, 1.165) is 31.6 Å². The molecule has 3 rings (SSSR count). The molecule has 1 atom stereocenters. The van der Waals surface area contributed by atoms with Gasteiger partial charge in [0.2, 0.25) is 5.91 Å². The lowest BCUT2D eigenvalue weighted by Gasteiger charge is -2.31. The van der Waals surface area contributed by atoms with Crippen LogP contribution in [0.15, 0.2) is 12.1 Å². The van der Waals surface area contributed by atoms with Crippen LogP contribution in [0.2, 0.25) is 0 Å². The number of nitrogens with zero attached hydrogens (tertiary/aromatic N) is 2. The molecule has 0 saturated heterocycles. The molecule has 5 heteroatoms. The van der Waals surface area contributed by atoms with E-state index in [9.17, 15) is 4.79 Å². The Morgan fingerprint density at radius 3 is 2.86 bits per heavy atom. The van der Waals surface area contributed by atoms with Crippen LogP contribution >= 0.6 is 0 Å². The molecule has 2 aliphatic rings. The molecule has 1 amide bonds. The summed E-state index contributed by atoms with van der Waals surface area (Å²) in [4.78, 5) is 16.6. The minimum absolute atomic E-state index is 0.225. The summed E-state index contributed by atoms with van der Waals surface area (Å²) in [5, 5.41) is 0. The molecule has 0 radical (unpaired) electrons. The van der Waals surface area contributed by atoms with Gasteiger partial charge in [0.1, 0.15) is 0 Å². The summed E-state index contributed by atoms with van der Waals surface area (Å²) >= 11 is 0. The normalized spacial score (nSPS) is 22.2. The highest BCUT2D eigenvalue weighted by atomic mass is 16.5. The van der Waals surface area contributed by atoms with Crippen LogP contribution < -0.4 is 4.90 Å². The summed E-state index contributed by atoms with van der Waals surface area (Å²) in [6, 6.07) is 4.63. The van der Waals surface area contributed by atoms with Gasteiger partial charge in [-0.3, -0.25) is 4.79 Å². The molecular formula is C17H25BN2O2. The maximum absolute atomic E-state index is 12.3. The molecule has 1 aromatic rings. The summed E-state index contributed by atoms with van der Waals surface area (Å²) in [5.41, 5.74) is 5.33. The zero-order chi connectivity index (χ0) is 15.7. The molecule has 2 heterocycles. The van der Waals surface area contributed by atoms with Crippen molar-refractivity contribution in [2.45, 2.75) is 32.1 Å². The van der Waals surface area contributed by atoms with Crippen LogP contribution in [0, 0.1) is 0 Å². The lowest BCUT2D eigenvalue weighted by Crippen LogP contribution is -2.37. The lowest BCUT2D eigenvalue weighted by atomic mass is 9.89. The molecule has 22 heavy (non-hydrogen) atoms. The Balaban J connectivity index is 1.99. The third-order valence-electron chi connectivity index (χ3n) is 4.94. The molecule has 0 spiro atoms. The first-order chi connectivity index (χ1) is 10.6. The average molecular weight is 300 g/mol. The van der Waals surface area contributed by atoms with Crippen molar-refractivity contribution in [2.24, 2.45) is 0 Å². The van der Waals surface area contributed by atoms with Gasteiger partial charge in [-0.1, -0.05) is 13.0 Å². The third-order valence-corrected chi connectivity index (χ3v) is 4.94. The largest absolute Gasteiger partial charge is 0.383 e. The smallest absolute Gasteiger partial charge is 0.227 e. The molecule has 1 aromatic carbocycles. The molecule has 0 fully saturated rings. The SMILES string of the molecule is BN1CCc2cc3c(cc2C(C)C1)CCC(=O)N3CCOC. The van der Waals surface area contributed by atoms with E-state index in [4.69, 9.17) is 4.74 Å². The molecule has 0 N–H and O–H groups in total. The van der Waals surface area contributed by atoms with Crippen molar-refractivity contribution < 1.29 is 9.53 Å². The Bertz CT molecular complexity index is 576. The monoisotopic (exact) mass is 300 g/mol. The van der Waals surface area contributed by atoms with Crippen molar-refractivity contribution in [2.75, 3.05) is 38.3 Å². The number of carbonyl (C=O) groups is 1. The van der Waals surface area contributed by atoms with E-state index >= 15 is 0 Å². The van der Waals surface area contributed by atoms with Crippen molar-refractivity contribution in [1.82, 2.24) is 4.81 Å². The summed E-state index contributed by atoms with van der Waals surface area (Å²) in [6.07, 6.45) is 2.55. The van der Waals surface area contributed by atoms with Gasteiger partial charge in [-0.05, 0) is 54.6 Å². The molecule has 118 valence electrons. The second-order valence-electron chi connectivity index (χ2n) is 6.63. The first-order valence-electron chi connectivity index (χ1n) is 8.23. The number of methoxy groups -OCH3 is 1. The van der Waals surface area contributed by atoms with E-state index in [-0.39, 0.29) is 5.91 Å². The number of rotatable bonds is 3. The highest BCUT2D eigenvalue weighted by molar-refractivity contribution is 6.04. The van der Waals surface area contributed by atoms with Gasteiger partial charge in [0.25, 0.3) is 0 Å². The lowest BCUT2D eigenvalue weighted by molar-refractivity contribution is -0.119. The standard InChI is InChI=1S/C17H25BN2O2/c1-12-11-19(18)6-5-13-10-16-14(9-15(12)13)3-4-17(21)20(16)7-8-22-2/h9-10,12H,3-8,11,18H2,1-2H3. The molecule has 0 aliphatic carbocycles. The number of carbonyl (C=O) groups excluding carboxylic acids is 1.